The van der Waals surface area contributed by atoms with E-state index in [2.05, 4.69) is 72.0 Å². The Bertz CT molecular complexity index is 2340. The van der Waals surface area contributed by atoms with Crippen LogP contribution in [0.1, 0.15) is 122 Å². The Labute approximate surface area is 479 Å². The van der Waals surface area contributed by atoms with Crippen molar-refractivity contribution in [3.63, 3.8) is 0 Å². The third-order valence-corrected chi connectivity index (χ3v) is 22.8. The molecule has 9 fully saturated rings. The molecule has 9 heterocycles. The van der Waals surface area contributed by atoms with E-state index in [1.807, 2.05) is 35.3 Å². The van der Waals surface area contributed by atoms with Gasteiger partial charge < -0.3 is 63.3 Å². The number of carbonyl (C=O) groups excluding carboxylic acids is 9. The molecule has 79 heavy (non-hydrogen) atoms. The first-order valence-electron chi connectivity index (χ1n) is 27.8. The summed E-state index contributed by atoms with van der Waals surface area (Å²) in [6.45, 7) is 7.04. The normalized spacial score (nSPS) is 30.5. The molecule has 0 saturated carbocycles. The first-order chi connectivity index (χ1) is 37.9. The van der Waals surface area contributed by atoms with E-state index in [1.54, 1.807) is 11.8 Å². The Hall–Kier alpha value is -4.48. The molecule has 29 heteroatoms. The molecule has 11 N–H and O–H groups in total. The van der Waals surface area contributed by atoms with Crippen molar-refractivity contribution >= 4 is 110 Å². The van der Waals surface area contributed by atoms with Crippen molar-refractivity contribution in [1.82, 2.24) is 63.5 Å². The molecule has 442 valence electrons. The topological polar surface area (TPSA) is 333 Å². The highest BCUT2D eigenvalue weighted by atomic mass is 32.2. The van der Waals surface area contributed by atoms with Crippen molar-refractivity contribution in [2.24, 2.45) is 0 Å². The van der Waals surface area contributed by atoms with Crippen LogP contribution >= 0.6 is 47.0 Å². The maximum Gasteiger partial charge on any atom is 0.333 e. The fourth-order valence-electron chi connectivity index (χ4n) is 11.1. The van der Waals surface area contributed by atoms with Gasteiger partial charge in [-0.1, -0.05) is 39.2 Å². The number of rotatable bonds is 26. The van der Waals surface area contributed by atoms with Gasteiger partial charge in [0.2, 0.25) is 17.7 Å². The van der Waals surface area contributed by atoms with Gasteiger partial charge in [0.05, 0.1) is 67.2 Å². The van der Waals surface area contributed by atoms with Gasteiger partial charge in [-0.25, -0.2) is 27.6 Å². The Kier molecular flexibility index (Phi) is 23.6. The number of imide groups is 1. The van der Waals surface area contributed by atoms with Gasteiger partial charge in [0.25, 0.3) is 11.8 Å². The molecular formula is C50H80N12O12S5. The third-order valence-electron chi connectivity index (χ3n) is 15.3. The summed E-state index contributed by atoms with van der Waals surface area (Å²) in [5.41, 5.74) is 0. The second-order valence-electron chi connectivity index (χ2n) is 21.4. The van der Waals surface area contributed by atoms with Crippen molar-refractivity contribution in [2.75, 3.05) is 42.5 Å². The summed E-state index contributed by atoms with van der Waals surface area (Å²) in [6.07, 6.45) is 13.8. The summed E-state index contributed by atoms with van der Waals surface area (Å²) in [4.78, 5) is 110. The standard InChI is InChI=1S/C21H34N6O3S2.C15H21N3O7S2.C14H25N3O2S/c1-12-24-13-9-31-16(19(13)25-12)6-4-8-18(29)23-11-22-17(28)7-3-2-5-15-20-14(10-32-15)26-21(30)27-20;1-27(23,24)10-6-11(19)18(14(10)21)25-12(20)5-3-2-4-9-13-8(7-26-9)16-15(22)17-13;1-2-3-8-15-12(18)7-5-4-6-11-13-10(9-20-11)16-14(19)17-13/h13-16,19-20,24-25H,1-11H2,(H,22,28)(H,23,29)(H2,26,27,30);8-10,13H,2-7H2,1H3,(H2,16,17,22);10-11,13H,2-9H2,1H3,(H,15,18)(H2,16,17,19). The fourth-order valence-corrected chi connectivity index (χ4v) is 18.2. The van der Waals surface area contributed by atoms with E-state index < -0.39 is 39.3 Å². The lowest BCUT2D eigenvalue weighted by molar-refractivity contribution is -0.197. The van der Waals surface area contributed by atoms with Crippen LogP contribution < -0.4 is 58.5 Å². The van der Waals surface area contributed by atoms with Gasteiger partial charge >= 0.3 is 24.1 Å². The number of hydroxylamine groups is 2. The van der Waals surface area contributed by atoms with Crippen LogP contribution in [-0.4, -0.2) is 184 Å². The van der Waals surface area contributed by atoms with Crippen LogP contribution in [-0.2, 0) is 43.4 Å². The Morgan fingerprint density at radius 1 is 0.557 bits per heavy atom. The number of hydrogen-bond acceptors (Lipinski definition) is 18. The van der Waals surface area contributed by atoms with E-state index in [0.29, 0.717) is 59.6 Å². The zero-order chi connectivity index (χ0) is 56.6. The van der Waals surface area contributed by atoms with E-state index in [-0.39, 0.29) is 89.4 Å². The van der Waals surface area contributed by atoms with Crippen molar-refractivity contribution in [3.8, 4) is 0 Å². The number of nitrogens with one attached hydrogen (secondary N) is 11. The molecule has 0 radical (unpaired) electrons. The Morgan fingerprint density at radius 3 is 1.41 bits per heavy atom. The molecule has 0 aromatic heterocycles. The van der Waals surface area contributed by atoms with E-state index >= 15 is 0 Å². The number of hydrogen-bond donors (Lipinski definition) is 11. The zero-order valence-corrected chi connectivity index (χ0v) is 49.2. The summed E-state index contributed by atoms with van der Waals surface area (Å²) in [7, 11) is -3.74. The van der Waals surface area contributed by atoms with Crippen molar-refractivity contribution in [3.05, 3.63) is 12.4 Å². The maximum absolute atomic E-state index is 12.1. The predicted octanol–water partition coefficient (Wildman–Crippen LogP) is 1.56. The Morgan fingerprint density at radius 2 is 0.962 bits per heavy atom. The minimum absolute atomic E-state index is 0.0106. The number of unbranched alkanes of at least 4 members (excludes halogenated alkanes) is 4. The van der Waals surface area contributed by atoms with Crippen LogP contribution in [0, 0.1) is 0 Å². The number of nitrogens with zero attached hydrogens (tertiary/aromatic N) is 1. The third kappa shape index (κ3) is 18.3. The number of urea groups is 3. The molecule has 13 unspecified atom stereocenters. The minimum Gasteiger partial charge on any atom is -0.367 e. The fraction of sp³-hybridized carbons (Fsp3) is 0.780. The highest BCUT2D eigenvalue weighted by molar-refractivity contribution is 8.01. The smallest absolute Gasteiger partial charge is 0.333 e. The van der Waals surface area contributed by atoms with Crippen LogP contribution in [0.25, 0.3) is 0 Å². The quantitative estimate of drug-likeness (QED) is 0.0253. The van der Waals surface area contributed by atoms with Crippen LogP contribution in [0.4, 0.5) is 14.4 Å². The molecule has 11 amide bonds. The lowest BCUT2D eigenvalue weighted by atomic mass is 10.0. The van der Waals surface area contributed by atoms with Gasteiger partial charge in [-0.05, 0) is 57.8 Å². The zero-order valence-electron chi connectivity index (χ0n) is 45.1. The SMILES string of the molecule is C=C1NC2CSC(CCCC(=O)NCNC(=O)CCCCC3SCC4NC(=O)NC43)C2N1.CCCCNC(=O)CCCCC1SCC2NC(=O)NC21.CS(=O)(=O)C1CC(=O)N(OC(=O)CCCCC2SCC3NC(=O)NC32)C1=O. The summed E-state index contributed by atoms with van der Waals surface area (Å²) >= 11 is 7.56. The molecule has 24 nitrogen and oxygen atoms in total. The summed E-state index contributed by atoms with van der Waals surface area (Å²) < 4.78 is 23.0. The molecule has 9 aliphatic heterocycles. The van der Waals surface area contributed by atoms with E-state index in [9.17, 15) is 51.6 Å². The molecule has 9 rings (SSSR count). The largest absolute Gasteiger partial charge is 0.367 e. The summed E-state index contributed by atoms with van der Waals surface area (Å²) in [6, 6.07) is 1.92. The molecule has 0 spiro atoms. The molecule has 9 saturated heterocycles. The van der Waals surface area contributed by atoms with Crippen molar-refractivity contribution in [2.45, 2.75) is 197 Å². The Balaban J connectivity index is 0.000000176. The molecule has 13 atom stereocenters. The molecule has 0 bridgehead atoms. The second kappa shape index (κ2) is 30.0. The highest BCUT2D eigenvalue weighted by Crippen LogP contribution is 2.37. The van der Waals surface area contributed by atoms with E-state index in [4.69, 9.17) is 4.84 Å². The van der Waals surface area contributed by atoms with Gasteiger partial charge in [-0.2, -0.15) is 47.0 Å². The van der Waals surface area contributed by atoms with Gasteiger partial charge in [-0.15, -0.1) is 5.06 Å². The molecular weight excluding hydrogens is 1120 g/mol. The average Bonchev–Trinajstić information content (AvgIpc) is 4.32. The molecule has 0 aliphatic carbocycles. The van der Waals surface area contributed by atoms with Gasteiger partial charge in [-0.3, -0.25) is 24.0 Å². The van der Waals surface area contributed by atoms with Crippen LogP contribution in [0.2, 0.25) is 0 Å². The van der Waals surface area contributed by atoms with E-state index in [1.165, 1.54) is 0 Å². The van der Waals surface area contributed by atoms with E-state index in [0.717, 1.165) is 119 Å². The molecule has 0 aromatic carbocycles. The maximum atomic E-state index is 12.1. The first-order valence-corrected chi connectivity index (χ1v) is 34.0. The molecule has 0 aromatic rings. The number of fused-ring (bicyclic) bond motifs is 4. The average molecular weight is 1200 g/mol. The number of thioether (sulfide) groups is 4. The number of amides is 11. The van der Waals surface area contributed by atoms with Crippen molar-refractivity contribution < 1.29 is 56.4 Å². The van der Waals surface area contributed by atoms with Gasteiger partial charge in [0.15, 0.2) is 15.1 Å². The summed E-state index contributed by atoms with van der Waals surface area (Å²) in [5, 5.41) is 33.4. The highest BCUT2D eigenvalue weighted by Gasteiger charge is 2.48. The monoisotopic (exact) mass is 1200 g/mol. The second-order valence-corrected chi connectivity index (χ2v) is 28.7. The van der Waals surface area contributed by atoms with Gasteiger partial charge in [0, 0.05) is 82.5 Å². The number of sulfone groups is 1. The van der Waals surface area contributed by atoms with Crippen LogP contribution in [0.3, 0.4) is 0 Å². The lowest BCUT2D eigenvalue weighted by Crippen LogP contribution is -2.38. The van der Waals surface area contributed by atoms with Gasteiger partial charge in [0.1, 0.15) is 0 Å². The minimum atomic E-state index is -3.74. The van der Waals surface area contributed by atoms with Crippen LogP contribution in [0.15, 0.2) is 12.4 Å². The molecule has 9 aliphatic rings. The first kappa shape index (κ1) is 62.1. The lowest BCUT2D eigenvalue weighted by Gasteiger charge is -2.17. The van der Waals surface area contributed by atoms with Crippen molar-refractivity contribution in [1.29, 1.82) is 0 Å². The predicted molar refractivity (Wildman–Crippen MR) is 305 cm³/mol. The van der Waals surface area contributed by atoms with Crippen LogP contribution in [0.5, 0.6) is 0 Å². The number of carbonyl (C=O) groups is 9. The summed E-state index contributed by atoms with van der Waals surface area (Å²) in [5.74, 6) is 2.32.